The summed E-state index contributed by atoms with van der Waals surface area (Å²) in [6.45, 7) is 3.74. The van der Waals surface area contributed by atoms with Gasteiger partial charge in [-0.1, -0.05) is 18.2 Å². The van der Waals surface area contributed by atoms with Crippen molar-refractivity contribution in [3.63, 3.8) is 0 Å². The lowest BCUT2D eigenvalue weighted by molar-refractivity contribution is -0.132. The predicted molar refractivity (Wildman–Crippen MR) is 100 cm³/mol. The third kappa shape index (κ3) is 3.52. The van der Waals surface area contributed by atoms with E-state index in [-0.39, 0.29) is 11.8 Å². The minimum absolute atomic E-state index is 0.0189. The molecular weight excluding hydrogens is 342 g/mol. The van der Waals surface area contributed by atoms with Gasteiger partial charge in [-0.3, -0.25) is 14.6 Å². The molecule has 27 heavy (non-hydrogen) atoms. The number of nitrogens with zero attached hydrogens (tertiary/aromatic N) is 3. The highest BCUT2D eigenvalue weighted by Crippen LogP contribution is 2.35. The summed E-state index contributed by atoms with van der Waals surface area (Å²) in [6, 6.07) is 11.4. The molecule has 0 N–H and O–H groups in total. The van der Waals surface area contributed by atoms with E-state index in [0.717, 1.165) is 24.2 Å². The third-order valence-electron chi connectivity index (χ3n) is 5.32. The van der Waals surface area contributed by atoms with E-state index < -0.39 is 5.60 Å². The number of hydrogen-bond donors (Lipinski definition) is 0. The molecule has 0 unspecified atom stereocenters. The van der Waals surface area contributed by atoms with Crippen molar-refractivity contribution in [2.24, 2.45) is 0 Å². The molecule has 3 heterocycles. The Balaban J connectivity index is 1.64. The van der Waals surface area contributed by atoms with E-state index in [1.54, 1.807) is 31.5 Å². The average molecular weight is 365 g/mol. The summed E-state index contributed by atoms with van der Waals surface area (Å²) in [4.78, 5) is 32.8. The van der Waals surface area contributed by atoms with Crippen LogP contribution >= 0.6 is 0 Å². The number of likely N-dealkylation sites (tertiary alicyclic amines) is 1. The molecule has 1 fully saturated rings. The zero-order chi connectivity index (χ0) is 18.9. The van der Waals surface area contributed by atoms with E-state index in [9.17, 15) is 9.59 Å². The molecule has 6 nitrogen and oxygen atoms in total. The number of ether oxygens (including phenoxy) is 1. The number of amides is 2. The molecule has 4 rings (SSSR count). The van der Waals surface area contributed by atoms with Crippen LogP contribution in [0.5, 0.6) is 5.75 Å². The number of carbonyl (C=O) groups is 2. The van der Waals surface area contributed by atoms with Crippen LogP contribution < -0.4 is 4.74 Å². The number of aromatic nitrogens is 1. The van der Waals surface area contributed by atoms with Gasteiger partial charge in [-0.25, -0.2) is 0 Å². The maximum Gasteiger partial charge on any atom is 0.255 e. The van der Waals surface area contributed by atoms with E-state index in [4.69, 9.17) is 4.74 Å². The molecule has 1 spiro atoms. The molecule has 1 atom stereocenters. The first-order valence-corrected chi connectivity index (χ1v) is 9.28. The van der Waals surface area contributed by atoms with Crippen molar-refractivity contribution in [2.45, 2.75) is 31.9 Å². The molecule has 6 heteroatoms. The average Bonchev–Trinajstić information content (AvgIpc) is 2.84. The largest absolute Gasteiger partial charge is 0.483 e. The summed E-state index contributed by atoms with van der Waals surface area (Å²) < 4.78 is 6.48. The van der Waals surface area contributed by atoms with Crippen molar-refractivity contribution in [3.8, 4) is 5.75 Å². The monoisotopic (exact) mass is 365 g/mol. The van der Waals surface area contributed by atoms with Crippen molar-refractivity contribution < 1.29 is 14.3 Å². The Kier molecular flexibility index (Phi) is 4.56. The van der Waals surface area contributed by atoms with E-state index in [1.165, 1.54) is 0 Å². The molecule has 0 bridgehead atoms. The molecule has 140 valence electrons. The van der Waals surface area contributed by atoms with Crippen molar-refractivity contribution in [1.29, 1.82) is 0 Å². The summed E-state index contributed by atoms with van der Waals surface area (Å²) in [5.41, 5.74) is 0.987. The Labute approximate surface area is 158 Å². The fourth-order valence-corrected chi connectivity index (χ4v) is 3.99. The molecule has 2 aliphatic heterocycles. The van der Waals surface area contributed by atoms with Crippen LogP contribution in [0.2, 0.25) is 0 Å². The Hall–Kier alpha value is -2.89. The number of pyridine rings is 1. The van der Waals surface area contributed by atoms with Gasteiger partial charge in [0.2, 0.25) is 5.91 Å². The van der Waals surface area contributed by atoms with Crippen LogP contribution in [0.15, 0.2) is 48.8 Å². The topological polar surface area (TPSA) is 62.7 Å². The quantitative estimate of drug-likeness (QED) is 0.779. The van der Waals surface area contributed by atoms with E-state index in [2.05, 4.69) is 4.98 Å². The lowest BCUT2D eigenvalue weighted by atomic mass is 9.91. The van der Waals surface area contributed by atoms with Gasteiger partial charge in [0.25, 0.3) is 5.91 Å². The van der Waals surface area contributed by atoms with Crippen molar-refractivity contribution >= 4 is 11.8 Å². The highest BCUT2D eigenvalue weighted by molar-refractivity contribution is 5.94. The normalized spacial score (nSPS) is 22.0. The summed E-state index contributed by atoms with van der Waals surface area (Å²) in [5, 5.41) is 0. The number of rotatable bonds is 1. The number of benzene rings is 1. The molecule has 1 aromatic heterocycles. The van der Waals surface area contributed by atoms with Crippen LogP contribution in [0.1, 0.15) is 35.7 Å². The van der Waals surface area contributed by atoms with Crippen molar-refractivity contribution in [3.05, 3.63) is 59.9 Å². The van der Waals surface area contributed by atoms with Gasteiger partial charge in [-0.05, 0) is 31.0 Å². The minimum atomic E-state index is -0.589. The number of piperidine rings is 1. The van der Waals surface area contributed by atoms with E-state index >= 15 is 0 Å². The highest BCUT2D eigenvalue weighted by Gasteiger charge is 2.43. The first-order valence-electron chi connectivity index (χ1n) is 9.28. The predicted octanol–water partition coefficient (Wildman–Crippen LogP) is 2.50. The summed E-state index contributed by atoms with van der Waals surface area (Å²) in [6.07, 6.45) is 4.89. The molecule has 1 aromatic carbocycles. The molecule has 0 aliphatic carbocycles. The van der Waals surface area contributed by atoms with Gasteiger partial charge in [0.15, 0.2) is 0 Å². The van der Waals surface area contributed by atoms with Crippen molar-refractivity contribution in [2.75, 3.05) is 19.6 Å². The molecule has 2 amide bonds. The minimum Gasteiger partial charge on any atom is -0.483 e. The number of hydrogen-bond acceptors (Lipinski definition) is 4. The highest BCUT2D eigenvalue weighted by atomic mass is 16.5. The van der Waals surface area contributed by atoms with Crippen LogP contribution in [-0.4, -0.2) is 51.8 Å². The second-order valence-corrected chi connectivity index (χ2v) is 7.34. The first-order chi connectivity index (χ1) is 13.1. The Morgan fingerprint density at radius 1 is 1.11 bits per heavy atom. The summed E-state index contributed by atoms with van der Waals surface area (Å²) in [5.74, 6) is 0.778. The molecule has 0 radical (unpaired) electrons. The molecule has 2 aliphatic rings. The van der Waals surface area contributed by atoms with Crippen LogP contribution in [0, 0.1) is 0 Å². The Bertz CT molecular complexity index is 855. The van der Waals surface area contributed by atoms with Crippen LogP contribution in [0.4, 0.5) is 0 Å². The number of carbonyl (C=O) groups excluding carboxylic acids is 2. The summed E-state index contributed by atoms with van der Waals surface area (Å²) >= 11 is 0. The molecule has 1 saturated heterocycles. The maximum atomic E-state index is 12.9. The van der Waals surface area contributed by atoms with Gasteiger partial charge < -0.3 is 14.5 Å². The fourth-order valence-electron chi connectivity index (χ4n) is 3.99. The van der Waals surface area contributed by atoms with Gasteiger partial charge >= 0.3 is 0 Å². The molecule has 2 aromatic rings. The zero-order valence-electron chi connectivity index (χ0n) is 15.4. The van der Waals surface area contributed by atoms with Gasteiger partial charge in [-0.15, -0.1) is 0 Å². The maximum absolute atomic E-state index is 12.9. The lowest BCUT2D eigenvalue weighted by Gasteiger charge is -2.43. The van der Waals surface area contributed by atoms with Crippen LogP contribution in [-0.2, 0) is 11.3 Å². The first kappa shape index (κ1) is 17.5. The van der Waals surface area contributed by atoms with Crippen molar-refractivity contribution in [1.82, 2.24) is 14.8 Å². The second kappa shape index (κ2) is 7.02. The van der Waals surface area contributed by atoms with E-state index in [1.807, 2.05) is 34.1 Å². The van der Waals surface area contributed by atoms with E-state index in [0.29, 0.717) is 31.7 Å². The van der Waals surface area contributed by atoms with Crippen LogP contribution in [0.3, 0.4) is 0 Å². The molecular formula is C21H23N3O3. The summed E-state index contributed by atoms with van der Waals surface area (Å²) in [7, 11) is 0. The van der Waals surface area contributed by atoms with Gasteiger partial charge in [0, 0.05) is 38.0 Å². The standard InChI is InChI=1S/C21H23N3O3/c1-16(25)24-13-18-6-2-3-8-19(18)27-21(15-24)9-5-11-23(14-21)20(26)17-7-4-10-22-12-17/h2-4,6-8,10,12H,5,9,11,13-15H2,1H3/t21-/m0/s1. The number of para-hydroxylation sites is 1. The van der Waals surface area contributed by atoms with Crippen LogP contribution in [0.25, 0.3) is 0 Å². The Morgan fingerprint density at radius 3 is 2.70 bits per heavy atom. The SMILES string of the molecule is CC(=O)N1Cc2ccccc2O[C@]2(CCCN(C(=O)c3cccnc3)C2)C1. The third-order valence-corrected chi connectivity index (χ3v) is 5.32. The van der Waals surface area contributed by atoms with Gasteiger partial charge in [-0.2, -0.15) is 0 Å². The van der Waals surface area contributed by atoms with Gasteiger partial charge in [0.05, 0.1) is 18.7 Å². The number of fused-ring (bicyclic) bond motifs is 1. The second-order valence-electron chi connectivity index (χ2n) is 7.34. The molecule has 0 saturated carbocycles. The Morgan fingerprint density at radius 2 is 1.93 bits per heavy atom. The fraction of sp³-hybridized carbons (Fsp3) is 0.381. The smallest absolute Gasteiger partial charge is 0.255 e. The zero-order valence-corrected chi connectivity index (χ0v) is 15.4. The lowest BCUT2D eigenvalue weighted by Crippen LogP contribution is -2.58. The van der Waals surface area contributed by atoms with Gasteiger partial charge in [0.1, 0.15) is 11.4 Å².